The molecule has 1 rings (SSSR count). The van der Waals surface area contributed by atoms with Crippen LogP contribution >= 0.6 is 27.3 Å². The molecule has 0 radical (unpaired) electrons. The zero-order valence-electron chi connectivity index (χ0n) is 5.36. The summed E-state index contributed by atoms with van der Waals surface area (Å²) in [6.45, 7) is 2.20. The van der Waals surface area contributed by atoms with Crippen LogP contribution in [0.4, 0.5) is 0 Å². The van der Waals surface area contributed by atoms with Gasteiger partial charge in [-0.05, 0) is 28.4 Å². The van der Waals surface area contributed by atoms with Gasteiger partial charge in [0, 0.05) is 14.7 Å². The van der Waals surface area contributed by atoms with Crippen LogP contribution in [0.3, 0.4) is 0 Å². The van der Waals surface area contributed by atoms with Gasteiger partial charge in [-0.15, -0.1) is 11.3 Å². The molecule has 0 unspecified atom stereocenters. The van der Waals surface area contributed by atoms with Gasteiger partial charge in [0.25, 0.3) is 0 Å². The van der Waals surface area contributed by atoms with Gasteiger partial charge in [0.15, 0.2) is 0 Å². The van der Waals surface area contributed by atoms with Crippen molar-refractivity contribution in [2.45, 2.75) is 19.8 Å². The Labute approximate surface area is 68.0 Å². The molecule has 1 aromatic rings. The highest BCUT2D eigenvalue weighted by Gasteiger charge is 1.93. The second-order valence-corrected chi connectivity index (χ2v) is 3.89. The van der Waals surface area contributed by atoms with Crippen LogP contribution in [0, 0.1) is 0 Å². The lowest BCUT2D eigenvalue weighted by Gasteiger charge is -1.86. The Hall–Kier alpha value is 0.180. The Morgan fingerprint density at radius 1 is 1.67 bits per heavy atom. The van der Waals surface area contributed by atoms with E-state index in [0.29, 0.717) is 0 Å². The van der Waals surface area contributed by atoms with Crippen LogP contribution < -0.4 is 0 Å². The summed E-state index contributed by atoms with van der Waals surface area (Å²) >= 11 is 5.24. The molecule has 0 aromatic carbocycles. The smallest absolute Gasteiger partial charge is 0.0285 e. The van der Waals surface area contributed by atoms with Crippen molar-refractivity contribution < 1.29 is 0 Å². The van der Waals surface area contributed by atoms with E-state index >= 15 is 0 Å². The van der Waals surface area contributed by atoms with E-state index in [9.17, 15) is 0 Å². The fourth-order valence-electron chi connectivity index (χ4n) is 0.731. The topological polar surface area (TPSA) is 0 Å². The summed E-state index contributed by atoms with van der Waals surface area (Å²) in [5.41, 5.74) is 0. The Balaban J connectivity index is 2.61. The largest absolute Gasteiger partial charge is 0.148 e. The van der Waals surface area contributed by atoms with Crippen molar-refractivity contribution in [3.63, 3.8) is 0 Å². The number of thiophene rings is 1. The number of aryl methyl sites for hydroxylation is 1. The number of hydrogen-bond acceptors (Lipinski definition) is 1. The lowest BCUT2D eigenvalue weighted by atomic mass is 10.3. The summed E-state index contributed by atoms with van der Waals surface area (Å²) in [4.78, 5) is 1.48. The summed E-state index contributed by atoms with van der Waals surface area (Å²) in [6.07, 6.45) is 2.46. The van der Waals surface area contributed by atoms with Crippen LogP contribution in [0.5, 0.6) is 0 Å². The van der Waals surface area contributed by atoms with Gasteiger partial charge in [-0.2, -0.15) is 0 Å². The standard InChI is InChI=1S/C7H9BrS/c1-2-3-7-4-6(8)5-9-7/h4-5H,2-3H2,1H3. The molecule has 0 saturated heterocycles. The highest BCUT2D eigenvalue weighted by Crippen LogP contribution is 2.20. The molecule has 0 nitrogen and oxygen atoms in total. The summed E-state index contributed by atoms with van der Waals surface area (Å²) in [6, 6.07) is 2.19. The first-order valence-corrected chi connectivity index (χ1v) is 4.73. The second-order valence-electron chi connectivity index (χ2n) is 1.98. The van der Waals surface area contributed by atoms with Crippen molar-refractivity contribution in [2.75, 3.05) is 0 Å². The molecule has 50 valence electrons. The first kappa shape index (κ1) is 7.29. The van der Waals surface area contributed by atoms with Crippen LogP contribution in [-0.2, 0) is 6.42 Å². The van der Waals surface area contributed by atoms with Gasteiger partial charge in [-0.1, -0.05) is 13.3 Å². The van der Waals surface area contributed by atoms with E-state index in [2.05, 4.69) is 34.3 Å². The lowest BCUT2D eigenvalue weighted by molar-refractivity contribution is 0.939. The monoisotopic (exact) mass is 204 g/mol. The fraction of sp³-hybridized carbons (Fsp3) is 0.429. The molecule has 0 saturated carbocycles. The maximum atomic E-state index is 3.41. The predicted octanol–water partition coefficient (Wildman–Crippen LogP) is 3.46. The van der Waals surface area contributed by atoms with Crippen LogP contribution in [0.15, 0.2) is 15.9 Å². The van der Waals surface area contributed by atoms with Crippen molar-refractivity contribution in [2.24, 2.45) is 0 Å². The summed E-state index contributed by atoms with van der Waals surface area (Å²) < 4.78 is 1.22. The fourth-order valence-corrected chi connectivity index (χ4v) is 2.29. The van der Waals surface area contributed by atoms with E-state index in [1.54, 1.807) is 0 Å². The SMILES string of the molecule is CCCc1cc(Br)cs1. The molecule has 9 heavy (non-hydrogen) atoms. The van der Waals surface area contributed by atoms with Crippen molar-refractivity contribution >= 4 is 27.3 Å². The number of halogens is 1. The van der Waals surface area contributed by atoms with E-state index in [4.69, 9.17) is 0 Å². The molecule has 0 aliphatic heterocycles. The molecule has 0 aliphatic carbocycles. The quantitative estimate of drug-likeness (QED) is 0.693. The Morgan fingerprint density at radius 2 is 2.44 bits per heavy atom. The molecule has 0 fully saturated rings. The Bertz CT molecular complexity index is 181. The van der Waals surface area contributed by atoms with Crippen LogP contribution in [0.1, 0.15) is 18.2 Å². The molecule has 1 heterocycles. The zero-order chi connectivity index (χ0) is 6.69. The normalized spacial score (nSPS) is 10.0. The van der Waals surface area contributed by atoms with Gasteiger partial charge in [-0.25, -0.2) is 0 Å². The third-order valence-electron chi connectivity index (χ3n) is 1.12. The van der Waals surface area contributed by atoms with Gasteiger partial charge in [0.05, 0.1) is 0 Å². The van der Waals surface area contributed by atoms with Crippen LogP contribution in [-0.4, -0.2) is 0 Å². The Kier molecular flexibility index (Phi) is 2.73. The van der Waals surface area contributed by atoms with E-state index in [-0.39, 0.29) is 0 Å². The van der Waals surface area contributed by atoms with Crippen LogP contribution in [0.25, 0.3) is 0 Å². The van der Waals surface area contributed by atoms with E-state index in [1.807, 2.05) is 11.3 Å². The first-order valence-electron chi connectivity index (χ1n) is 3.06. The maximum Gasteiger partial charge on any atom is 0.0285 e. The van der Waals surface area contributed by atoms with E-state index in [0.717, 1.165) is 0 Å². The molecule has 0 bridgehead atoms. The zero-order valence-corrected chi connectivity index (χ0v) is 7.76. The summed E-state index contributed by atoms with van der Waals surface area (Å²) in [5.74, 6) is 0. The highest BCUT2D eigenvalue weighted by molar-refractivity contribution is 9.10. The number of rotatable bonds is 2. The average Bonchev–Trinajstić information content (AvgIpc) is 2.17. The second kappa shape index (κ2) is 3.37. The van der Waals surface area contributed by atoms with Gasteiger partial charge >= 0.3 is 0 Å². The number of hydrogen-bond donors (Lipinski definition) is 0. The molecular formula is C7H9BrS. The van der Waals surface area contributed by atoms with Gasteiger partial charge < -0.3 is 0 Å². The molecule has 0 amide bonds. The third kappa shape index (κ3) is 2.11. The maximum absolute atomic E-state index is 3.41. The van der Waals surface area contributed by atoms with Crippen molar-refractivity contribution in [3.8, 4) is 0 Å². The molecule has 0 atom stereocenters. The molecule has 1 aromatic heterocycles. The average molecular weight is 205 g/mol. The van der Waals surface area contributed by atoms with E-state index in [1.165, 1.54) is 22.2 Å². The molecule has 2 heteroatoms. The third-order valence-corrected chi connectivity index (χ3v) is 2.88. The van der Waals surface area contributed by atoms with Gasteiger partial charge in [-0.3, -0.25) is 0 Å². The van der Waals surface area contributed by atoms with Crippen LogP contribution in [0.2, 0.25) is 0 Å². The van der Waals surface area contributed by atoms with Crippen molar-refractivity contribution in [3.05, 3.63) is 20.8 Å². The summed E-state index contributed by atoms with van der Waals surface area (Å²) in [7, 11) is 0. The molecular weight excluding hydrogens is 196 g/mol. The van der Waals surface area contributed by atoms with E-state index < -0.39 is 0 Å². The highest BCUT2D eigenvalue weighted by atomic mass is 79.9. The first-order chi connectivity index (χ1) is 4.33. The minimum atomic E-state index is 1.22. The minimum Gasteiger partial charge on any atom is -0.148 e. The van der Waals surface area contributed by atoms with Gasteiger partial charge in [0.1, 0.15) is 0 Å². The molecule has 0 aliphatic rings. The van der Waals surface area contributed by atoms with Crippen molar-refractivity contribution in [1.29, 1.82) is 0 Å². The molecule has 0 spiro atoms. The van der Waals surface area contributed by atoms with Gasteiger partial charge in [0.2, 0.25) is 0 Å². The van der Waals surface area contributed by atoms with Crippen molar-refractivity contribution in [1.82, 2.24) is 0 Å². The Morgan fingerprint density at radius 3 is 2.89 bits per heavy atom. The molecule has 0 N–H and O–H groups in total. The lowest BCUT2D eigenvalue weighted by Crippen LogP contribution is -1.71. The predicted molar refractivity (Wildman–Crippen MR) is 46.0 cm³/mol. The summed E-state index contributed by atoms with van der Waals surface area (Å²) in [5, 5.41) is 2.13. The minimum absolute atomic E-state index is 1.22.